The van der Waals surface area contributed by atoms with Crippen molar-refractivity contribution in [3.05, 3.63) is 47.4 Å². The molecule has 1 atom stereocenters. The zero-order chi connectivity index (χ0) is 13.4. The number of rotatable bonds is 2. The number of aromatic nitrogens is 2. The molecule has 0 saturated carbocycles. The van der Waals surface area contributed by atoms with Gasteiger partial charge in [0.2, 0.25) is 0 Å². The van der Waals surface area contributed by atoms with Crippen LogP contribution < -0.4 is 5.32 Å². The van der Waals surface area contributed by atoms with Crippen molar-refractivity contribution >= 4 is 5.82 Å². The molecule has 3 nitrogen and oxygen atoms in total. The Hall–Kier alpha value is -1.84. The molecule has 1 aromatic heterocycles. The van der Waals surface area contributed by atoms with Gasteiger partial charge in [-0.15, -0.1) is 0 Å². The van der Waals surface area contributed by atoms with E-state index in [4.69, 9.17) is 0 Å². The molecular formula is C15H18FN3. The van der Waals surface area contributed by atoms with Gasteiger partial charge in [0.1, 0.15) is 11.6 Å². The molecule has 19 heavy (non-hydrogen) atoms. The third kappa shape index (κ3) is 2.11. The molecule has 0 amide bonds. The molecule has 4 heteroatoms. The average Bonchev–Trinajstić information content (AvgIpc) is 2.83. The summed E-state index contributed by atoms with van der Waals surface area (Å²) in [5.74, 6) is 1.21. The van der Waals surface area contributed by atoms with Gasteiger partial charge in [-0.05, 0) is 18.4 Å². The summed E-state index contributed by atoms with van der Waals surface area (Å²) in [4.78, 5) is 0. The van der Waals surface area contributed by atoms with Gasteiger partial charge in [-0.25, -0.2) is 9.07 Å². The van der Waals surface area contributed by atoms with Crippen LogP contribution in [0.25, 0.3) is 0 Å². The van der Waals surface area contributed by atoms with Crippen LogP contribution in [0.2, 0.25) is 0 Å². The van der Waals surface area contributed by atoms with Gasteiger partial charge in [0.15, 0.2) is 0 Å². The second kappa shape index (κ2) is 4.68. The maximum Gasteiger partial charge on any atom is 0.128 e. The summed E-state index contributed by atoms with van der Waals surface area (Å²) in [5.41, 5.74) is 1.77. The van der Waals surface area contributed by atoms with Crippen molar-refractivity contribution in [1.82, 2.24) is 9.78 Å². The van der Waals surface area contributed by atoms with Crippen molar-refractivity contribution in [2.24, 2.45) is 0 Å². The molecule has 1 unspecified atom stereocenters. The lowest BCUT2D eigenvalue weighted by Gasteiger charge is -2.26. The molecule has 0 bridgehead atoms. The molecule has 0 radical (unpaired) electrons. The van der Waals surface area contributed by atoms with Crippen molar-refractivity contribution < 1.29 is 4.39 Å². The maximum atomic E-state index is 14.0. The minimum Gasteiger partial charge on any atom is -0.370 e. The topological polar surface area (TPSA) is 29.9 Å². The quantitative estimate of drug-likeness (QED) is 0.893. The Morgan fingerprint density at radius 1 is 1.37 bits per heavy atom. The first kappa shape index (κ1) is 12.2. The van der Waals surface area contributed by atoms with E-state index in [1.54, 1.807) is 6.07 Å². The highest BCUT2D eigenvalue weighted by Gasteiger charge is 2.25. The van der Waals surface area contributed by atoms with E-state index in [-0.39, 0.29) is 11.9 Å². The minimum absolute atomic E-state index is 0.00931. The Kier molecular flexibility index (Phi) is 3.01. The standard InChI is InChI=1S/C15H18FN3/c1-10(2)13-9-15-17-8-7-14(19(15)18-13)11-5-3-4-6-12(11)16/h3-6,9-10,14,17H,7-8H2,1-2H3. The third-order valence-electron chi connectivity index (χ3n) is 3.63. The number of nitrogens with zero attached hydrogens (tertiary/aromatic N) is 2. The fraction of sp³-hybridized carbons (Fsp3) is 0.400. The number of halogens is 1. The normalized spacial score (nSPS) is 18.2. The summed E-state index contributed by atoms with van der Waals surface area (Å²) >= 11 is 0. The van der Waals surface area contributed by atoms with Crippen LogP contribution in [-0.4, -0.2) is 16.3 Å². The summed E-state index contributed by atoms with van der Waals surface area (Å²) in [6.45, 7) is 5.08. The molecule has 0 saturated heterocycles. The lowest BCUT2D eigenvalue weighted by molar-refractivity contribution is 0.454. The minimum atomic E-state index is -0.151. The summed E-state index contributed by atoms with van der Waals surface area (Å²) in [6, 6.07) is 9.04. The summed E-state index contributed by atoms with van der Waals surface area (Å²) in [5, 5.41) is 7.97. The van der Waals surface area contributed by atoms with Gasteiger partial charge in [0, 0.05) is 18.2 Å². The largest absolute Gasteiger partial charge is 0.370 e. The van der Waals surface area contributed by atoms with Crippen LogP contribution in [0.15, 0.2) is 30.3 Å². The molecule has 1 aliphatic rings. The number of fused-ring (bicyclic) bond motifs is 1. The first-order valence-electron chi connectivity index (χ1n) is 6.74. The Morgan fingerprint density at radius 3 is 2.89 bits per heavy atom. The lowest BCUT2D eigenvalue weighted by atomic mass is 10.0. The fourth-order valence-electron chi connectivity index (χ4n) is 2.56. The van der Waals surface area contributed by atoms with E-state index in [0.29, 0.717) is 5.92 Å². The van der Waals surface area contributed by atoms with Gasteiger partial charge in [-0.2, -0.15) is 5.10 Å². The van der Waals surface area contributed by atoms with Gasteiger partial charge in [-0.1, -0.05) is 32.0 Å². The van der Waals surface area contributed by atoms with Crippen molar-refractivity contribution in [2.45, 2.75) is 32.2 Å². The molecule has 2 heterocycles. The van der Waals surface area contributed by atoms with E-state index in [2.05, 4.69) is 30.3 Å². The van der Waals surface area contributed by atoms with E-state index in [1.807, 2.05) is 16.8 Å². The number of hydrogen-bond acceptors (Lipinski definition) is 2. The van der Waals surface area contributed by atoms with E-state index >= 15 is 0 Å². The zero-order valence-corrected chi connectivity index (χ0v) is 11.2. The SMILES string of the molecule is CC(C)c1cc2n(n1)C(c1ccccc1F)CCN2. The molecule has 1 aromatic carbocycles. The Bertz CT molecular complexity index is 589. The van der Waals surface area contributed by atoms with Gasteiger partial charge >= 0.3 is 0 Å². The van der Waals surface area contributed by atoms with Crippen LogP contribution >= 0.6 is 0 Å². The van der Waals surface area contributed by atoms with E-state index in [9.17, 15) is 4.39 Å². The van der Waals surface area contributed by atoms with E-state index in [0.717, 1.165) is 30.0 Å². The van der Waals surface area contributed by atoms with Crippen molar-refractivity contribution in [3.63, 3.8) is 0 Å². The first-order chi connectivity index (χ1) is 9.16. The smallest absolute Gasteiger partial charge is 0.128 e. The second-order valence-electron chi connectivity index (χ2n) is 5.31. The Balaban J connectivity index is 2.05. The van der Waals surface area contributed by atoms with Crippen LogP contribution in [0.1, 0.15) is 43.5 Å². The first-order valence-corrected chi connectivity index (χ1v) is 6.74. The maximum absolute atomic E-state index is 14.0. The second-order valence-corrected chi connectivity index (χ2v) is 5.31. The Morgan fingerprint density at radius 2 is 2.16 bits per heavy atom. The highest BCUT2D eigenvalue weighted by Crippen LogP contribution is 2.32. The number of nitrogens with one attached hydrogen (secondary N) is 1. The van der Waals surface area contributed by atoms with Crippen LogP contribution in [0.3, 0.4) is 0 Å². The predicted octanol–water partition coefficient (Wildman–Crippen LogP) is 3.55. The number of hydrogen-bond donors (Lipinski definition) is 1. The zero-order valence-electron chi connectivity index (χ0n) is 11.2. The van der Waals surface area contributed by atoms with E-state index in [1.165, 1.54) is 6.07 Å². The molecule has 1 aliphatic heterocycles. The van der Waals surface area contributed by atoms with Gasteiger partial charge in [0.05, 0.1) is 11.7 Å². The lowest BCUT2D eigenvalue weighted by Crippen LogP contribution is -2.25. The van der Waals surface area contributed by atoms with Crippen LogP contribution in [-0.2, 0) is 0 Å². The molecule has 0 fully saturated rings. The monoisotopic (exact) mass is 259 g/mol. The van der Waals surface area contributed by atoms with Crippen LogP contribution in [0.4, 0.5) is 10.2 Å². The van der Waals surface area contributed by atoms with Gasteiger partial charge in [0.25, 0.3) is 0 Å². The van der Waals surface area contributed by atoms with Crippen molar-refractivity contribution in [1.29, 1.82) is 0 Å². The van der Waals surface area contributed by atoms with Gasteiger partial charge in [-0.3, -0.25) is 0 Å². The van der Waals surface area contributed by atoms with E-state index < -0.39 is 0 Å². The third-order valence-corrected chi connectivity index (χ3v) is 3.63. The number of anilines is 1. The van der Waals surface area contributed by atoms with Crippen LogP contribution in [0.5, 0.6) is 0 Å². The van der Waals surface area contributed by atoms with Crippen molar-refractivity contribution in [3.8, 4) is 0 Å². The molecule has 0 aliphatic carbocycles. The molecule has 100 valence electrons. The average molecular weight is 259 g/mol. The fourth-order valence-corrected chi connectivity index (χ4v) is 2.56. The highest BCUT2D eigenvalue weighted by atomic mass is 19.1. The molecule has 3 rings (SSSR count). The molecule has 0 spiro atoms. The van der Waals surface area contributed by atoms with Crippen molar-refractivity contribution in [2.75, 3.05) is 11.9 Å². The molecular weight excluding hydrogens is 241 g/mol. The summed E-state index contributed by atoms with van der Waals surface area (Å²) in [6.07, 6.45) is 0.854. The predicted molar refractivity (Wildman–Crippen MR) is 74.0 cm³/mol. The molecule has 2 aromatic rings. The van der Waals surface area contributed by atoms with Crippen LogP contribution in [0, 0.1) is 5.82 Å². The highest BCUT2D eigenvalue weighted by molar-refractivity contribution is 5.42. The summed E-state index contributed by atoms with van der Waals surface area (Å²) in [7, 11) is 0. The molecule has 1 N–H and O–H groups in total. The summed E-state index contributed by atoms with van der Waals surface area (Å²) < 4.78 is 15.9. The van der Waals surface area contributed by atoms with Gasteiger partial charge < -0.3 is 5.32 Å². The number of benzene rings is 1. The Labute approximate surface area is 112 Å².